The van der Waals surface area contributed by atoms with Crippen molar-refractivity contribution in [1.29, 1.82) is 0 Å². The molecule has 1 aromatic carbocycles. The van der Waals surface area contributed by atoms with Gasteiger partial charge in [-0.25, -0.2) is 4.98 Å². The second-order valence-corrected chi connectivity index (χ2v) is 3.92. The maximum absolute atomic E-state index is 11.7. The van der Waals surface area contributed by atoms with Crippen LogP contribution in [-0.4, -0.2) is 15.8 Å². The molecule has 1 aromatic heterocycles. The molecule has 2 rings (SSSR count). The van der Waals surface area contributed by atoms with Crippen LogP contribution in [0.3, 0.4) is 0 Å². The van der Waals surface area contributed by atoms with Crippen LogP contribution in [0.2, 0.25) is 0 Å². The third-order valence-electron chi connectivity index (χ3n) is 2.12. The van der Waals surface area contributed by atoms with Crippen LogP contribution in [0.15, 0.2) is 34.2 Å². The molecule has 0 amide bonds. The summed E-state index contributed by atoms with van der Waals surface area (Å²) in [6.07, 6.45) is 3.53. The number of fused-ring (bicyclic) bond motifs is 1. The van der Waals surface area contributed by atoms with Crippen molar-refractivity contribution in [2.24, 2.45) is 7.05 Å². The zero-order valence-electron chi connectivity index (χ0n) is 8.02. The van der Waals surface area contributed by atoms with Crippen molar-refractivity contribution in [1.82, 2.24) is 9.55 Å². The van der Waals surface area contributed by atoms with Crippen LogP contribution in [0.25, 0.3) is 10.9 Å². The molecule has 2 aromatic rings. The number of rotatable bonds is 1. The predicted octanol–water partition coefficient (Wildman–Crippen LogP) is 1.66. The van der Waals surface area contributed by atoms with E-state index < -0.39 is 0 Å². The predicted molar refractivity (Wildman–Crippen MR) is 58.8 cm³/mol. The van der Waals surface area contributed by atoms with Gasteiger partial charge in [0, 0.05) is 11.9 Å². The van der Waals surface area contributed by atoms with Gasteiger partial charge < -0.3 is 4.57 Å². The molecular formula is C10H10N2OS. The monoisotopic (exact) mass is 206 g/mol. The van der Waals surface area contributed by atoms with Crippen LogP contribution in [0, 0.1) is 0 Å². The molecule has 14 heavy (non-hydrogen) atoms. The molecule has 72 valence electrons. The van der Waals surface area contributed by atoms with Crippen LogP contribution >= 0.6 is 11.8 Å². The lowest BCUT2D eigenvalue weighted by Gasteiger charge is -2.01. The van der Waals surface area contributed by atoms with Crippen LogP contribution < -0.4 is 5.56 Å². The first kappa shape index (κ1) is 9.27. The van der Waals surface area contributed by atoms with Crippen molar-refractivity contribution in [3.05, 3.63) is 34.9 Å². The van der Waals surface area contributed by atoms with E-state index in [1.807, 2.05) is 24.5 Å². The minimum Gasteiger partial charge on any atom is -0.302 e. The topological polar surface area (TPSA) is 34.9 Å². The first-order valence-corrected chi connectivity index (χ1v) is 5.44. The number of hydrogen-bond acceptors (Lipinski definition) is 3. The third-order valence-corrected chi connectivity index (χ3v) is 2.85. The van der Waals surface area contributed by atoms with E-state index in [1.54, 1.807) is 25.1 Å². The van der Waals surface area contributed by atoms with E-state index in [0.717, 1.165) is 10.4 Å². The van der Waals surface area contributed by atoms with E-state index in [2.05, 4.69) is 4.98 Å². The van der Waals surface area contributed by atoms with Gasteiger partial charge >= 0.3 is 0 Å². The normalized spacial score (nSPS) is 10.7. The van der Waals surface area contributed by atoms with Crippen molar-refractivity contribution in [3.63, 3.8) is 0 Å². The highest BCUT2D eigenvalue weighted by Crippen LogP contribution is 2.17. The molecule has 0 saturated heterocycles. The van der Waals surface area contributed by atoms with Gasteiger partial charge in [0.15, 0.2) is 0 Å². The molecule has 0 aliphatic carbocycles. The number of aryl methyl sites for hydroxylation is 1. The quantitative estimate of drug-likeness (QED) is 0.665. The van der Waals surface area contributed by atoms with Crippen molar-refractivity contribution in [3.8, 4) is 0 Å². The van der Waals surface area contributed by atoms with E-state index in [0.29, 0.717) is 5.39 Å². The lowest BCUT2D eigenvalue weighted by atomic mass is 10.2. The average molecular weight is 206 g/mol. The fourth-order valence-corrected chi connectivity index (χ4v) is 1.76. The van der Waals surface area contributed by atoms with Gasteiger partial charge in [0.25, 0.3) is 5.56 Å². The molecule has 0 aliphatic heterocycles. The Morgan fingerprint density at radius 3 is 2.93 bits per heavy atom. The van der Waals surface area contributed by atoms with Gasteiger partial charge in [-0.2, -0.15) is 0 Å². The van der Waals surface area contributed by atoms with Crippen LogP contribution in [-0.2, 0) is 7.05 Å². The van der Waals surface area contributed by atoms with Crippen LogP contribution in [0.5, 0.6) is 0 Å². The summed E-state index contributed by atoms with van der Waals surface area (Å²) >= 11 is 1.62. The molecule has 0 unspecified atom stereocenters. The fraction of sp³-hybridized carbons (Fsp3) is 0.200. The fourth-order valence-electron chi connectivity index (χ4n) is 1.32. The van der Waals surface area contributed by atoms with Crippen molar-refractivity contribution in [2.45, 2.75) is 4.90 Å². The summed E-state index contributed by atoms with van der Waals surface area (Å²) in [5.74, 6) is 0. The van der Waals surface area contributed by atoms with Gasteiger partial charge in [0.1, 0.15) is 0 Å². The summed E-state index contributed by atoms with van der Waals surface area (Å²) in [5.41, 5.74) is 0.761. The minimum atomic E-state index is 0.00546. The number of nitrogens with zero attached hydrogens (tertiary/aromatic N) is 2. The molecule has 4 heteroatoms. The number of aromatic nitrogens is 2. The smallest absolute Gasteiger partial charge is 0.260 e. The zero-order valence-corrected chi connectivity index (χ0v) is 8.84. The maximum atomic E-state index is 11.7. The van der Waals surface area contributed by atoms with E-state index in [-0.39, 0.29) is 5.56 Å². The third kappa shape index (κ3) is 1.42. The molecule has 3 nitrogen and oxygen atoms in total. The van der Waals surface area contributed by atoms with Crippen molar-refractivity contribution in [2.75, 3.05) is 6.26 Å². The average Bonchev–Trinajstić information content (AvgIpc) is 2.23. The Balaban J connectivity index is 2.85. The Labute approximate surface area is 85.8 Å². The Kier molecular flexibility index (Phi) is 2.29. The summed E-state index contributed by atoms with van der Waals surface area (Å²) in [6.45, 7) is 0. The highest BCUT2D eigenvalue weighted by Gasteiger charge is 2.01. The van der Waals surface area contributed by atoms with Crippen molar-refractivity contribution < 1.29 is 0 Å². The van der Waals surface area contributed by atoms with E-state index in [9.17, 15) is 4.79 Å². The first-order valence-electron chi connectivity index (χ1n) is 4.22. The number of benzene rings is 1. The zero-order chi connectivity index (χ0) is 10.1. The van der Waals surface area contributed by atoms with Crippen LogP contribution in [0.4, 0.5) is 0 Å². The number of thioether (sulfide) groups is 1. The van der Waals surface area contributed by atoms with E-state index in [4.69, 9.17) is 0 Å². The van der Waals surface area contributed by atoms with Gasteiger partial charge in [-0.1, -0.05) is 0 Å². The summed E-state index contributed by atoms with van der Waals surface area (Å²) in [4.78, 5) is 17.0. The summed E-state index contributed by atoms with van der Waals surface area (Å²) in [6, 6.07) is 5.73. The molecule has 0 N–H and O–H groups in total. The summed E-state index contributed by atoms with van der Waals surface area (Å²) in [7, 11) is 1.71. The molecule has 0 aliphatic rings. The van der Waals surface area contributed by atoms with Gasteiger partial charge in [0.05, 0.1) is 17.2 Å². The molecule has 0 bridgehead atoms. The van der Waals surface area contributed by atoms with Gasteiger partial charge in [-0.3, -0.25) is 4.79 Å². The maximum Gasteiger partial charge on any atom is 0.260 e. The van der Waals surface area contributed by atoms with Crippen molar-refractivity contribution >= 4 is 22.7 Å². The highest BCUT2D eigenvalue weighted by atomic mass is 32.2. The largest absolute Gasteiger partial charge is 0.302 e. The van der Waals surface area contributed by atoms with E-state index in [1.165, 1.54) is 4.57 Å². The molecule has 0 saturated carbocycles. The standard InChI is InChI=1S/C10H10N2OS/c1-12-6-11-9-4-3-7(14-2)5-8(9)10(12)13/h3-6H,1-2H3. The summed E-state index contributed by atoms with van der Waals surface area (Å²) in [5, 5.41) is 0.682. The Morgan fingerprint density at radius 2 is 2.21 bits per heavy atom. The Morgan fingerprint density at radius 1 is 1.43 bits per heavy atom. The molecule has 0 fully saturated rings. The lowest BCUT2D eigenvalue weighted by Crippen LogP contribution is -2.16. The van der Waals surface area contributed by atoms with Gasteiger partial charge in [-0.05, 0) is 24.5 Å². The van der Waals surface area contributed by atoms with Gasteiger partial charge in [-0.15, -0.1) is 11.8 Å². The lowest BCUT2D eigenvalue weighted by molar-refractivity contribution is 0.842. The second-order valence-electron chi connectivity index (χ2n) is 3.04. The minimum absolute atomic E-state index is 0.00546. The molecule has 0 radical (unpaired) electrons. The molecule has 0 spiro atoms. The Hall–Kier alpha value is -1.29. The van der Waals surface area contributed by atoms with E-state index >= 15 is 0 Å². The molecule has 0 atom stereocenters. The molecule has 1 heterocycles. The molecular weight excluding hydrogens is 196 g/mol. The number of hydrogen-bond donors (Lipinski definition) is 0. The Bertz CT molecular complexity index is 533. The summed E-state index contributed by atoms with van der Waals surface area (Å²) < 4.78 is 1.49. The highest BCUT2D eigenvalue weighted by molar-refractivity contribution is 7.98. The van der Waals surface area contributed by atoms with Crippen LogP contribution in [0.1, 0.15) is 0 Å². The second kappa shape index (κ2) is 3.46. The van der Waals surface area contributed by atoms with Gasteiger partial charge in [0.2, 0.25) is 0 Å². The first-order chi connectivity index (χ1) is 6.72. The SMILES string of the molecule is CSc1ccc2ncn(C)c(=O)c2c1.